The van der Waals surface area contributed by atoms with Crippen LogP contribution in [-0.4, -0.2) is 107 Å². The molecule has 0 saturated carbocycles. The van der Waals surface area contributed by atoms with Crippen LogP contribution in [0.25, 0.3) is 10.8 Å². The van der Waals surface area contributed by atoms with Crippen LogP contribution in [-0.2, 0) is 35.3 Å². The monoisotopic (exact) mass is 770 g/mol. The second-order valence-corrected chi connectivity index (χ2v) is 16.5. The van der Waals surface area contributed by atoms with E-state index in [1.807, 2.05) is 87.5 Å². The maximum Gasteiger partial charge on any atom is 0.410 e. The Balaban J connectivity index is 1.36. The predicted molar refractivity (Wildman–Crippen MR) is 211 cm³/mol. The summed E-state index contributed by atoms with van der Waals surface area (Å²) < 4.78 is 10.7. The van der Waals surface area contributed by atoms with E-state index >= 15 is 0 Å². The van der Waals surface area contributed by atoms with Gasteiger partial charge in [0.1, 0.15) is 30.8 Å². The van der Waals surface area contributed by atoms with E-state index in [-0.39, 0.29) is 32.1 Å². The Hall–Kier alpha value is -5.66. The first-order valence-electron chi connectivity index (χ1n) is 18.9. The maximum atomic E-state index is 14.7. The van der Waals surface area contributed by atoms with Crippen LogP contribution in [0.1, 0.15) is 60.5 Å². The van der Waals surface area contributed by atoms with Crippen LogP contribution in [0, 0.1) is 11.3 Å². The lowest BCUT2D eigenvalue weighted by Crippen LogP contribution is -2.60. The third-order valence-electron chi connectivity index (χ3n) is 10.3. The minimum Gasteiger partial charge on any atom is -0.445 e. The molecule has 56 heavy (non-hydrogen) atoms. The Morgan fingerprint density at radius 2 is 1.54 bits per heavy atom. The molecule has 0 unspecified atom stereocenters. The lowest BCUT2D eigenvalue weighted by Gasteiger charge is -2.37. The number of carbonyl (C=O) groups is 6. The fourth-order valence-corrected chi connectivity index (χ4v) is 7.19. The van der Waals surface area contributed by atoms with Gasteiger partial charge in [0.2, 0.25) is 23.6 Å². The topological polar surface area (TPSA) is 167 Å². The largest absolute Gasteiger partial charge is 0.445 e. The third-order valence-corrected chi connectivity index (χ3v) is 10.3. The number of alkyl carbamates (subject to hydrolysis) is 1. The molecule has 0 bridgehead atoms. The summed E-state index contributed by atoms with van der Waals surface area (Å²) in [5, 5.41) is 10.2. The van der Waals surface area contributed by atoms with Gasteiger partial charge in [-0.1, -0.05) is 87.5 Å². The van der Waals surface area contributed by atoms with E-state index in [4.69, 9.17) is 9.47 Å². The number of amides is 6. The van der Waals surface area contributed by atoms with E-state index in [0.717, 1.165) is 16.3 Å². The van der Waals surface area contributed by atoms with E-state index in [1.54, 1.807) is 43.6 Å². The number of nitrogens with one attached hydrogen (secondary N) is 3. The molecule has 0 spiro atoms. The SMILES string of the molecule is C[C@@H](C(=O)N[C@H](C(=O)N1CC[C@@H]2[C@H]1[C@@H](C(=O)Nc1cccc3ccccc13)CN2C(=O)CNC(=O)OCc1ccccc1)C(C)(C)C)N(C)C(=O)OC(C)(C)C. The predicted octanol–water partition coefficient (Wildman–Crippen LogP) is 4.92. The fourth-order valence-electron chi connectivity index (χ4n) is 7.19. The molecule has 3 aromatic rings. The van der Waals surface area contributed by atoms with Gasteiger partial charge in [0.15, 0.2) is 0 Å². The van der Waals surface area contributed by atoms with Crippen molar-refractivity contribution in [3.05, 3.63) is 78.4 Å². The van der Waals surface area contributed by atoms with Crippen LogP contribution >= 0.6 is 0 Å². The van der Waals surface area contributed by atoms with Gasteiger partial charge in [-0.15, -0.1) is 0 Å². The van der Waals surface area contributed by atoms with E-state index in [1.165, 1.54) is 11.9 Å². The molecule has 3 N–H and O–H groups in total. The smallest absolute Gasteiger partial charge is 0.410 e. The zero-order valence-corrected chi connectivity index (χ0v) is 33.5. The summed E-state index contributed by atoms with van der Waals surface area (Å²) in [6, 6.07) is 19.1. The van der Waals surface area contributed by atoms with Gasteiger partial charge in [0.25, 0.3) is 0 Å². The van der Waals surface area contributed by atoms with Crippen molar-refractivity contribution in [1.29, 1.82) is 0 Å². The summed E-state index contributed by atoms with van der Waals surface area (Å²) in [4.78, 5) is 86.0. The van der Waals surface area contributed by atoms with E-state index in [0.29, 0.717) is 12.1 Å². The first kappa shape index (κ1) is 41.5. The first-order chi connectivity index (χ1) is 26.4. The Labute approximate surface area is 328 Å². The number of hydrogen-bond acceptors (Lipinski definition) is 8. The highest BCUT2D eigenvalue weighted by molar-refractivity contribution is 6.04. The van der Waals surface area contributed by atoms with E-state index in [9.17, 15) is 28.8 Å². The number of hydrogen-bond donors (Lipinski definition) is 3. The summed E-state index contributed by atoms with van der Waals surface area (Å²) in [5.41, 5.74) is -0.169. The molecule has 2 aliphatic rings. The molecule has 6 amide bonds. The standard InChI is InChI=1S/C42H54N6O8/c1-26(46(8)40(54)56-42(5,6)7)36(50)45-35(41(2,3)4)38(52)47-22-21-32-34(47)30(37(51)44-31-20-14-18-28-17-12-13-19-29(28)31)24-48(32)33(49)23-43-39(53)55-25-27-15-10-9-11-16-27/h9-20,26,30,32,34-35H,21-25H2,1-8H3,(H,43,53)(H,44,51)(H,45,50)/t26-,30-,32+,34+,35+/m0/s1. The van der Waals surface area contributed by atoms with Gasteiger partial charge in [-0.3, -0.25) is 24.1 Å². The van der Waals surface area contributed by atoms with Gasteiger partial charge < -0.3 is 35.2 Å². The Morgan fingerprint density at radius 3 is 2.21 bits per heavy atom. The van der Waals surface area contributed by atoms with E-state index in [2.05, 4.69) is 16.0 Å². The zero-order valence-electron chi connectivity index (χ0n) is 33.5. The summed E-state index contributed by atoms with van der Waals surface area (Å²) in [6.45, 7) is 12.1. The molecule has 2 saturated heterocycles. The molecule has 2 fully saturated rings. The summed E-state index contributed by atoms with van der Waals surface area (Å²) in [6.07, 6.45) is -1.07. The second kappa shape index (κ2) is 17.0. The van der Waals surface area contributed by atoms with Crippen LogP contribution in [0.3, 0.4) is 0 Å². The molecule has 2 aliphatic heterocycles. The van der Waals surface area contributed by atoms with Gasteiger partial charge >= 0.3 is 12.2 Å². The van der Waals surface area contributed by atoms with E-state index < -0.39 is 71.0 Å². The number of benzene rings is 3. The van der Waals surface area contributed by atoms with Crippen molar-refractivity contribution in [2.24, 2.45) is 11.3 Å². The lowest BCUT2D eigenvalue weighted by molar-refractivity contribution is -0.142. The minimum atomic E-state index is -1.05. The minimum absolute atomic E-state index is 0.000447. The molecule has 5 atom stereocenters. The Bertz CT molecular complexity index is 1940. The quantitative estimate of drug-likeness (QED) is 0.261. The third kappa shape index (κ3) is 9.76. The molecule has 0 radical (unpaired) electrons. The molecule has 0 aliphatic carbocycles. The van der Waals surface area contributed by atoms with Gasteiger partial charge in [-0.05, 0) is 56.5 Å². The lowest BCUT2D eigenvalue weighted by atomic mass is 9.85. The molecule has 2 heterocycles. The summed E-state index contributed by atoms with van der Waals surface area (Å²) >= 11 is 0. The average molecular weight is 771 g/mol. The summed E-state index contributed by atoms with van der Waals surface area (Å²) in [7, 11) is 1.46. The van der Waals surface area contributed by atoms with Crippen molar-refractivity contribution >= 4 is 52.3 Å². The number of ether oxygens (including phenoxy) is 2. The maximum absolute atomic E-state index is 14.7. The van der Waals surface area contributed by atoms with Crippen molar-refractivity contribution < 1.29 is 38.2 Å². The van der Waals surface area contributed by atoms with Gasteiger partial charge in [-0.25, -0.2) is 9.59 Å². The van der Waals surface area contributed by atoms with Gasteiger partial charge in [0.05, 0.1) is 18.0 Å². The van der Waals surface area contributed by atoms with Gasteiger partial charge in [-0.2, -0.15) is 0 Å². The second-order valence-electron chi connectivity index (χ2n) is 16.5. The molecule has 14 nitrogen and oxygen atoms in total. The van der Waals surface area contributed by atoms with Crippen molar-refractivity contribution in [3.63, 3.8) is 0 Å². The number of likely N-dealkylation sites (N-methyl/N-ethyl adjacent to an activating group) is 1. The normalized spacial score (nSPS) is 19.0. The molecular weight excluding hydrogens is 716 g/mol. The fraction of sp³-hybridized carbons (Fsp3) is 0.476. The number of nitrogens with zero attached hydrogens (tertiary/aromatic N) is 3. The van der Waals surface area contributed by atoms with Crippen LogP contribution in [0.5, 0.6) is 0 Å². The van der Waals surface area contributed by atoms with Gasteiger partial charge in [0, 0.05) is 31.2 Å². The van der Waals surface area contributed by atoms with Crippen molar-refractivity contribution in [2.75, 3.05) is 32.0 Å². The number of rotatable bonds is 10. The van der Waals surface area contributed by atoms with Crippen molar-refractivity contribution in [2.45, 2.75) is 91.3 Å². The number of fused-ring (bicyclic) bond motifs is 2. The van der Waals surface area contributed by atoms with Crippen molar-refractivity contribution in [1.82, 2.24) is 25.3 Å². The molecule has 14 heteroatoms. The zero-order chi connectivity index (χ0) is 40.9. The van der Waals surface area contributed by atoms with Crippen LogP contribution in [0.4, 0.5) is 15.3 Å². The molecule has 3 aromatic carbocycles. The summed E-state index contributed by atoms with van der Waals surface area (Å²) in [5.74, 6) is -2.60. The Morgan fingerprint density at radius 1 is 0.875 bits per heavy atom. The number of carbonyl (C=O) groups excluding carboxylic acids is 6. The number of likely N-dealkylation sites (tertiary alicyclic amines) is 2. The van der Waals surface area contributed by atoms with Crippen LogP contribution in [0.2, 0.25) is 0 Å². The highest BCUT2D eigenvalue weighted by Crippen LogP contribution is 2.38. The van der Waals surface area contributed by atoms with Crippen LogP contribution in [0.15, 0.2) is 72.8 Å². The van der Waals surface area contributed by atoms with Crippen LogP contribution < -0.4 is 16.0 Å². The average Bonchev–Trinajstić information content (AvgIpc) is 3.75. The van der Waals surface area contributed by atoms with Crippen molar-refractivity contribution in [3.8, 4) is 0 Å². The molecule has 5 rings (SSSR count). The number of anilines is 1. The first-order valence-corrected chi connectivity index (χ1v) is 18.9. The highest BCUT2D eigenvalue weighted by Gasteiger charge is 2.55. The highest BCUT2D eigenvalue weighted by atomic mass is 16.6. The Kier molecular flexibility index (Phi) is 12.6. The molecule has 0 aromatic heterocycles. The molecule has 300 valence electrons. The molecular formula is C42H54N6O8.